The molecule has 106 valence electrons. The predicted molar refractivity (Wildman–Crippen MR) is 72.8 cm³/mol. The summed E-state index contributed by atoms with van der Waals surface area (Å²) in [6.07, 6.45) is -1.06. The van der Waals surface area contributed by atoms with E-state index in [0.29, 0.717) is 5.75 Å². The third-order valence-corrected chi connectivity index (χ3v) is 3.12. The highest BCUT2D eigenvalue weighted by atomic mass is 16.6. The highest BCUT2D eigenvalue weighted by Crippen LogP contribution is 2.40. The van der Waals surface area contributed by atoms with Crippen LogP contribution in [0.4, 0.5) is 5.69 Å². The number of nitro benzene ring substituents is 1. The first-order chi connectivity index (χ1) is 10.1. The monoisotopic (exact) mass is 285 g/mol. The fraction of sp³-hybridized carbons (Fsp3) is 0.133. The molecule has 6 heteroatoms. The van der Waals surface area contributed by atoms with Gasteiger partial charge in [-0.25, -0.2) is 4.79 Å². The summed E-state index contributed by atoms with van der Waals surface area (Å²) in [5.74, 6) is -0.00926. The summed E-state index contributed by atoms with van der Waals surface area (Å²) < 4.78 is 10.5. The largest absolute Gasteiger partial charge is 0.425 e. The van der Waals surface area contributed by atoms with Crippen molar-refractivity contribution in [3.05, 3.63) is 70.3 Å². The Labute approximate surface area is 120 Å². The Kier molecular flexibility index (Phi) is 3.37. The summed E-state index contributed by atoms with van der Waals surface area (Å²) in [5, 5.41) is 10.6. The molecule has 1 saturated heterocycles. The van der Waals surface area contributed by atoms with Gasteiger partial charge in [0.1, 0.15) is 11.9 Å². The fourth-order valence-corrected chi connectivity index (χ4v) is 1.99. The van der Waals surface area contributed by atoms with Crippen LogP contribution in [0.15, 0.2) is 54.6 Å². The molecule has 2 atom stereocenters. The lowest BCUT2D eigenvalue weighted by atomic mass is 10.1. The molecule has 6 nitrogen and oxygen atoms in total. The molecule has 3 rings (SSSR count). The van der Waals surface area contributed by atoms with Crippen molar-refractivity contribution in [1.29, 1.82) is 0 Å². The number of non-ortho nitro benzene ring substituents is 1. The van der Waals surface area contributed by atoms with Crippen molar-refractivity contribution >= 4 is 11.7 Å². The molecule has 1 heterocycles. The molecule has 0 bridgehead atoms. The zero-order chi connectivity index (χ0) is 14.8. The number of benzene rings is 2. The molecule has 2 aromatic rings. The van der Waals surface area contributed by atoms with Crippen LogP contribution in [0, 0.1) is 10.1 Å². The molecular formula is C15H11NO5. The quantitative estimate of drug-likeness (QED) is 0.283. The van der Waals surface area contributed by atoms with Gasteiger partial charge in [-0.2, -0.15) is 0 Å². The van der Waals surface area contributed by atoms with Crippen LogP contribution >= 0.6 is 0 Å². The molecule has 0 saturated carbocycles. The van der Waals surface area contributed by atoms with Crippen LogP contribution in [-0.4, -0.2) is 17.0 Å². The second-order valence-electron chi connectivity index (χ2n) is 4.56. The molecule has 21 heavy (non-hydrogen) atoms. The number of para-hydroxylation sites is 1. The molecule has 2 aromatic carbocycles. The average molecular weight is 285 g/mol. The summed E-state index contributed by atoms with van der Waals surface area (Å²) >= 11 is 0. The van der Waals surface area contributed by atoms with Crippen LogP contribution in [0.5, 0.6) is 5.75 Å². The maximum absolute atomic E-state index is 11.9. The van der Waals surface area contributed by atoms with Gasteiger partial charge in [-0.05, 0) is 29.8 Å². The molecule has 1 aliphatic heterocycles. The standard InChI is InChI=1S/C15H11NO5/c17-15(20-12-4-2-1-3-5-12)14-13(21-14)10-6-8-11(9-7-10)16(18)19/h1-9,13-14H/t13-,14+/m1/s1. The van der Waals surface area contributed by atoms with E-state index in [9.17, 15) is 14.9 Å². The van der Waals surface area contributed by atoms with Crippen molar-refractivity contribution in [3.63, 3.8) is 0 Å². The van der Waals surface area contributed by atoms with Gasteiger partial charge in [-0.15, -0.1) is 0 Å². The van der Waals surface area contributed by atoms with Crippen molar-refractivity contribution in [3.8, 4) is 5.75 Å². The zero-order valence-electron chi connectivity index (χ0n) is 10.8. The molecule has 0 aliphatic carbocycles. The number of carbonyl (C=O) groups excluding carboxylic acids is 1. The minimum Gasteiger partial charge on any atom is -0.425 e. The Hall–Kier alpha value is -2.73. The number of rotatable bonds is 4. The second kappa shape index (κ2) is 5.34. The molecule has 0 aromatic heterocycles. The Morgan fingerprint density at radius 1 is 1.10 bits per heavy atom. The average Bonchev–Trinajstić information content (AvgIpc) is 3.29. The van der Waals surface area contributed by atoms with Crippen molar-refractivity contribution in [2.75, 3.05) is 0 Å². The minimum absolute atomic E-state index is 0.00260. The van der Waals surface area contributed by atoms with Crippen LogP contribution in [0.2, 0.25) is 0 Å². The van der Waals surface area contributed by atoms with Crippen molar-refractivity contribution < 1.29 is 19.2 Å². The number of carbonyl (C=O) groups is 1. The van der Waals surface area contributed by atoms with Crippen molar-refractivity contribution in [2.24, 2.45) is 0 Å². The molecule has 1 fully saturated rings. The Morgan fingerprint density at radius 2 is 1.76 bits per heavy atom. The van der Waals surface area contributed by atoms with Gasteiger partial charge < -0.3 is 9.47 Å². The first-order valence-electron chi connectivity index (χ1n) is 6.32. The number of ether oxygens (including phenoxy) is 2. The Balaban J connectivity index is 1.63. The summed E-state index contributed by atoms with van der Waals surface area (Å²) in [6.45, 7) is 0. The third-order valence-electron chi connectivity index (χ3n) is 3.12. The van der Waals surface area contributed by atoms with Gasteiger partial charge >= 0.3 is 5.97 Å². The number of nitrogens with zero attached hydrogens (tertiary/aromatic N) is 1. The van der Waals surface area contributed by atoms with Gasteiger partial charge in [-0.3, -0.25) is 10.1 Å². The maximum atomic E-state index is 11.9. The SMILES string of the molecule is O=C(Oc1ccccc1)[C@H]1O[C@@H]1c1ccc([N+](=O)[O-])cc1. The zero-order valence-corrected chi connectivity index (χ0v) is 10.8. The maximum Gasteiger partial charge on any atom is 0.343 e. The molecule has 0 radical (unpaired) electrons. The number of hydrogen-bond donors (Lipinski definition) is 0. The fourth-order valence-electron chi connectivity index (χ4n) is 1.99. The summed E-state index contributed by atoms with van der Waals surface area (Å²) in [6, 6.07) is 14.7. The molecule has 0 amide bonds. The highest BCUT2D eigenvalue weighted by Gasteiger charge is 2.47. The van der Waals surface area contributed by atoms with E-state index < -0.39 is 23.1 Å². The van der Waals surface area contributed by atoms with E-state index >= 15 is 0 Å². The lowest BCUT2D eigenvalue weighted by molar-refractivity contribution is -0.384. The molecule has 0 unspecified atom stereocenters. The van der Waals surface area contributed by atoms with E-state index in [0.717, 1.165) is 5.56 Å². The van der Waals surface area contributed by atoms with Gasteiger partial charge in [0.2, 0.25) is 0 Å². The van der Waals surface area contributed by atoms with Crippen molar-refractivity contribution in [2.45, 2.75) is 12.2 Å². The van der Waals surface area contributed by atoms with Crippen LogP contribution in [0.25, 0.3) is 0 Å². The van der Waals surface area contributed by atoms with Crippen LogP contribution in [-0.2, 0) is 9.53 Å². The van der Waals surface area contributed by atoms with E-state index in [1.807, 2.05) is 6.07 Å². The summed E-state index contributed by atoms with van der Waals surface area (Å²) in [7, 11) is 0. The van der Waals surface area contributed by atoms with E-state index in [2.05, 4.69) is 0 Å². The van der Waals surface area contributed by atoms with Gasteiger partial charge in [0, 0.05) is 12.1 Å². The number of nitro groups is 1. The lowest BCUT2D eigenvalue weighted by Crippen LogP contribution is -2.15. The normalized spacial score (nSPS) is 19.8. The van der Waals surface area contributed by atoms with E-state index in [-0.39, 0.29) is 5.69 Å². The molecule has 0 spiro atoms. The lowest BCUT2D eigenvalue weighted by Gasteiger charge is -2.01. The van der Waals surface area contributed by atoms with Crippen LogP contribution in [0.1, 0.15) is 11.7 Å². The van der Waals surface area contributed by atoms with E-state index in [1.165, 1.54) is 12.1 Å². The number of esters is 1. The van der Waals surface area contributed by atoms with E-state index in [4.69, 9.17) is 9.47 Å². The first kappa shape index (κ1) is 13.3. The predicted octanol–water partition coefficient (Wildman–Crippen LogP) is 2.64. The smallest absolute Gasteiger partial charge is 0.343 e. The Bertz CT molecular complexity index is 668. The first-order valence-corrected chi connectivity index (χ1v) is 6.32. The van der Waals surface area contributed by atoms with E-state index in [1.54, 1.807) is 36.4 Å². The number of hydrogen-bond acceptors (Lipinski definition) is 5. The van der Waals surface area contributed by atoms with Gasteiger partial charge in [0.25, 0.3) is 5.69 Å². The second-order valence-corrected chi connectivity index (χ2v) is 4.56. The van der Waals surface area contributed by atoms with Gasteiger partial charge in [-0.1, -0.05) is 18.2 Å². The summed E-state index contributed by atoms with van der Waals surface area (Å²) in [5.41, 5.74) is 0.721. The van der Waals surface area contributed by atoms with Crippen LogP contribution in [0.3, 0.4) is 0 Å². The summed E-state index contributed by atoms with van der Waals surface area (Å²) in [4.78, 5) is 22.0. The molecule has 0 N–H and O–H groups in total. The number of epoxide rings is 1. The minimum atomic E-state index is -0.660. The van der Waals surface area contributed by atoms with Gasteiger partial charge in [0.15, 0.2) is 6.10 Å². The van der Waals surface area contributed by atoms with Gasteiger partial charge in [0.05, 0.1) is 4.92 Å². The van der Waals surface area contributed by atoms with Crippen LogP contribution < -0.4 is 4.74 Å². The highest BCUT2D eigenvalue weighted by molar-refractivity contribution is 5.80. The topological polar surface area (TPSA) is 82.0 Å². The van der Waals surface area contributed by atoms with Crippen molar-refractivity contribution in [1.82, 2.24) is 0 Å². The molecule has 1 aliphatic rings. The third kappa shape index (κ3) is 2.90. The Morgan fingerprint density at radius 3 is 2.38 bits per heavy atom. The molecular weight excluding hydrogens is 274 g/mol.